The van der Waals surface area contributed by atoms with E-state index in [0.717, 1.165) is 41.2 Å². The van der Waals surface area contributed by atoms with Crippen LogP contribution in [0.4, 0.5) is 0 Å². The Bertz CT molecular complexity index is 707. The Morgan fingerprint density at radius 3 is 2.80 bits per heavy atom. The minimum atomic E-state index is 0. The number of benzene rings is 1. The van der Waals surface area contributed by atoms with Gasteiger partial charge in [-0.1, -0.05) is 19.1 Å². The molecule has 1 amide bonds. The number of aryl methyl sites for hydroxylation is 1. The van der Waals surface area contributed by atoms with Crippen LogP contribution in [-0.4, -0.2) is 34.9 Å². The maximum Gasteiger partial charge on any atom is 0.254 e. The van der Waals surface area contributed by atoms with Crippen molar-refractivity contribution < 1.29 is 4.79 Å². The normalized spacial score (nSPS) is 19.7. The second-order valence-electron chi connectivity index (χ2n) is 6.35. The zero-order chi connectivity index (χ0) is 16.4. The number of likely N-dealkylation sites (tertiary alicyclic amines) is 1. The van der Waals surface area contributed by atoms with Gasteiger partial charge in [-0.3, -0.25) is 4.79 Å². The summed E-state index contributed by atoms with van der Waals surface area (Å²) in [6.45, 7) is 5.54. The van der Waals surface area contributed by atoms with Gasteiger partial charge < -0.3 is 10.6 Å². The van der Waals surface area contributed by atoms with Gasteiger partial charge in [0, 0.05) is 35.6 Å². The topological polar surface area (TPSA) is 59.2 Å². The first-order valence-corrected chi connectivity index (χ1v) is 9.00. The molecule has 2 unspecified atom stereocenters. The van der Waals surface area contributed by atoms with E-state index in [-0.39, 0.29) is 36.8 Å². The Kier molecular flexibility index (Phi) is 8.35. The number of nitrogens with two attached hydrogens (primary N) is 1. The third kappa shape index (κ3) is 4.94. The number of hydrogen-bond donors (Lipinski definition) is 1. The van der Waals surface area contributed by atoms with Crippen molar-refractivity contribution in [2.75, 3.05) is 13.1 Å². The smallest absolute Gasteiger partial charge is 0.254 e. The van der Waals surface area contributed by atoms with Crippen molar-refractivity contribution in [1.82, 2.24) is 9.88 Å². The molecule has 138 valence electrons. The highest BCUT2D eigenvalue weighted by Crippen LogP contribution is 2.26. The molecule has 2 atom stereocenters. The number of aromatic nitrogens is 1. The molecule has 1 saturated heterocycles. The average molecular weight is 402 g/mol. The van der Waals surface area contributed by atoms with Gasteiger partial charge in [-0.15, -0.1) is 36.2 Å². The third-order valence-electron chi connectivity index (χ3n) is 4.54. The monoisotopic (exact) mass is 401 g/mol. The van der Waals surface area contributed by atoms with Gasteiger partial charge in [-0.05, 0) is 37.8 Å². The summed E-state index contributed by atoms with van der Waals surface area (Å²) < 4.78 is 0. The minimum absolute atomic E-state index is 0. The Hall–Kier alpha value is -1.14. The first kappa shape index (κ1) is 21.9. The summed E-state index contributed by atoms with van der Waals surface area (Å²) in [5, 5.41) is 3.06. The standard InChI is InChI=1S/C18H23N3OS.2ClH/c1-12-6-7-21(16(8-12)10-19)18(22)15-5-3-4-14(9-15)17-11-23-13(2)20-17;;/h3-5,9,11-12,16H,6-8,10,19H2,1-2H3;2*1H. The van der Waals surface area contributed by atoms with E-state index < -0.39 is 0 Å². The first-order valence-electron chi connectivity index (χ1n) is 8.12. The van der Waals surface area contributed by atoms with Gasteiger partial charge in [0.15, 0.2) is 0 Å². The van der Waals surface area contributed by atoms with E-state index in [1.54, 1.807) is 11.3 Å². The Balaban J connectivity index is 0.00000156. The van der Waals surface area contributed by atoms with Crippen molar-refractivity contribution in [3.05, 3.63) is 40.2 Å². The molecule has 1 fully saturated rings. The molecule has 0 spiro atoms. The van der Waals surface area contributed by atoms with Crippen LogP contribution in [0.3, 0.4) is 0 Å². The number of carbonyl (C=O) groups is 1. The van der Waals surface area contributed by atoms with Crippen LogP contribution in [0.2, 0.25) is 0 Å². The summed E-state index contributed by atoms with van der Waals surface area (Å²) in [5.41, 5.74) is 8.55. The van der Waals surface area contributed by atoms with Gasteiger partial charge in [0.05, 0.1) is 10.7 Å². The van der Waals surface area contributed by atoms with E-state index in [9.17, 15) is 4.79 Å². The summed E-state index contributed by atoms with van der Waals surface area (Å²) >= 11 is 1.62. The van der Waals surface area contributed by atoms with Gasteiger partial charge >= 0.3 is 0 Å². The zero-order valence-electron chi connectivity index (χ0n) is 14.5. The van der Waals surface area contributed by atoms with Crippen molar-refractivity contribution in [3.63, 3.8) is 0 Å². The molecule has 0 aliphatic carbocycles. The fraction of sp³-hybridized carbons (Fsp3) is 0.444. The average Bonchev–Trinajstić information content (AvgIpc) is 3.01. The van der Waals surface area contributed by atoms with E-state index in [2.05, 4.69) is 11.9 Å². The highest BCUT2D eigenvalue weighted by atomic mass is 35.5. The predicted octanol–water partition coefficient (Wildman–Crippen LogP) is 4.16. The SMILES string of the molecule is Cc1nc(-c2cccc(C(=O)N3CCC(C)CC3CN)c2)cs1.Cl.Cl. The lowest BCUT2D eigenvalue weighted by Crippen LogP contribution is -2.49. The summed E-state index contributed by atoms with van der Waals surface area (Å²) in [6, 6.07) is 7.92. The van der Waals surface area contributed by atoms with Crippen molar-refractivity contribution in [2.45, 2.75) is 32.7 Å². The first-order chi connectivity index (χ1) is 11.1. The van der Waals surface area contributed by atoms with Crippen molar-refractivity contribution in [3.8, 4) is 11.3 Å². The van der Waals surface area contributed by atoms with Crippen LogP contribution in [0, 0.1) is 12.8 Å². The Labute approximate surface area is 165 Å². The number of halogens is 2. The molecular weight excluding hydrogens is 377 g/mol. The number of hydrogen-bond acceptors (Lipinski definition) is 4. The molecule has 3 rings (SSSR count). The maximum absolute atomic E-state index is 12.9. The van der Waals surface area contributed by atoms with Gasteiger partial charge in [-0.2, -0.15) is 0 Å². The number of carbonyl (C=O) groups excluding carboxylic acids is 1. The number of thiazole rings is 1. The number of nitrogens with zero attached hydrogens (tertiary/aromatic N) is 2. The van der Waals surface area contributed by atoms with Crippen molar-refractivity contribution in [1.29, 1.82) is 0 Å². The minimum Gasteiger partial charge on any atom is -0.334 e. The van der Waals surface area contributed by atoms with Crippen LogP contribution in [0.15, 0.2) is 29.6 Å². The van der Waals surface area contributed by atoms with E-state index in [4.69, 9.17) is 5.73 Å². The highest BCUT2D eigenvalue weighted by molar-refractivity contribution is 7.09. The van der Waals surface area contributed by atoms with Crippen LogP contribution >= 0.6 is 36.2 Å². The van der Waals surface area contributed by atoms with E-state index in [1.165, 1.54) is 0 Å². The quantitative estimate of drug-likeness (QED) is 0.839. The molecule has 7 heteroatoms. The van der Waals surface area contributed by atoms with E-state index >= 15 is 0 Å². The van der Waals surface area contributed by atoms with Gasteiger partial charge in [0.2, 0.25) is 0 Å². The van der Waals surface area contributed by atoms with Crippen LogP contribution in [0.1, 0.15) is 35.1 Å². The fourth-order valence-electron chi connectivity index (χ4n) is 3.22. The molecular formula is C18H25Cl2N3OS. The van der Waals surface area contributed by atoms with Gasteiger partial charge in [0.25, 0.3) is 5.91 Å². The molecule has 1 aromatic carbocycles. The van der Waals surface area contributed by atoms with Crippen LogP contribution in [-0.2, 0) is 0 Å². The van der Waals surface area contributed by atoms with Crippen molar-refractivity contribution in [2.24, 2.45) is 11.7 Å². The summed E-state index contributed by atoms with van der Waals surface area (Å²) in [6.07, 6.45) is 2.04. The Morgan fingerprint density at radius 1 is 1.40 bits per heavy atom. The molecule has 1 aliphatic rings. The molecule has 25 heavy (non-hydrogen) atoms. The van der Waals surface area contributed by atoms with E-state index in [1.807, 2.05) is 41.5 Å². The molecule has 0 saturated carbocycles. The second-order valence-corrected chi connectivity index (χ2v) is 7.41. The lowest BCUT2D eigenvalue weighted by molar-refractivity contribution is 0.0573. The molecule has 0 radical (unpaired) electrons. The third-order valence-corrected chi connectivity index (χ3v) is 5.31. The van der Waals surface area contributed by atoms with Crippen LogP contribution in [0.5, 0.6) is 0 Å². The summed E-state index contributed by atoms with van der Waals surface area (Å²) in [5.74, 6) is 0.720. The van der Waals surface area contributed by atoms with Crippen molar-refractivity contribution >= 4 is 42.1 Å². The Morgan fingerprint density at radius 2 is 2.16 bits per heavy atom. The summed E-state index contributed by atoms with van der Waals surface area (Å²) in [4.78, 5) is 19.4. The number of rotatable bonds is 3. The van der Waals surface area contributed by atoms with Crippen LogP contribution in [0.25, 0.3) is 11.3 Å². The van der Waals surface area contributed by atoms with E-state index in [0.29, 0.717) is 12.5 Å². The molecule has 2 N–H and O–H groups in total. The lowest BCUT2D eigenvalue weighted by atomic mass is 9.91. The molecule has 1 aliphatic heterocycles. The molecule has 4 nitrogen and oxygen atoms in total. The highest BCUT2D eigenvalue weighted by Gasteiger charge is 2.29. The fourth-order valence-corrected chi connectivity index (χ4v) is 3.84. The summed E-state index contributed by atoms with van der Waals surface area (Å²) in [7, 11) is 0. The molecule has 1 aromatic heterocycles. The van der Waals surface area contributed by atoms with Crippen LogP contribution < -0.4 is 5.73 Å². The maximum atomic E-state index is 12.9. The predicted molar refractivity (Wildman–Crippen MR) is 109 cm³/mol. The largest absolute Gasteiger partial charge is 0.334 e. The molecule has 2 aromatic rings. The zero-order valence-corrected chi connectivity index (χ0v) is 16.9. The molecule has 2 heterocycles. The second kappa shape index (κ2) is 9.53. The molecule has 0 bridgehead atoms. The van der Waals surface area contributed by atoms with Gasteiger partial charge in [-0.25, -0.2) is 4.98 Å². The van der Waals surface area contributed by atoms with Gasteiger partial charge in [0.1, 0.15) is 0 Å². The number of amides is 1. The number of piperidine rings is 1. The lowest BCUT2D eigenvalue weighted by Gasteiger charge is -2.38.